The number of nitrogens with one attached hydrogen (secondary N) is 1. The Morgan fingerprint density at radius 2 is 1.84 bits per heavy atom. The number of hydrogen-bond donors (Lipinski definition) is 2. The Hall–Kier alpha value is -1.80. The summed E-state index contributed by atoms with van der Waals surface area (Å²) in [6.07, 6.45) is -0.148. The van der Waals surface area contributed by atoms with E-state index in [0.717, 1.165) is 11.3 Å². The summed E-state index contributed by atoms with van der Waals surface area (Å²) in [4.78, 5) is 12.0. The molecule has 0 fully saturated rings. The van der Waals surface area contributed by atoms with Crippen molar-refractivity contribution < 1.29 is 27.2 Å². The van der Waals surface area contributed by atoms with Crippen molar-refractivity contribution in [2.45, 2.75) is 52.2 Å². The Labute approximate surface area is 149 Å². The van der Waals surface area contributed by atoms with Crippen molar-refractivity contribution in [3.8, 4) is 5.75 Å². The zero-order chi connectivity index (χ0) is 19.1. The van der Waals surface area contributed by atoms with E-state index in [1.54, 1.807) is 20.8 Å². The summed E-state index contributed by atoms with van der Waals surface area (Å²) in [6.45, 7) is 7.69. The molecular formula is C17H27NO6S. The van der Waals surface area contributed by atoms with E-state index in [1.807, 2.05) is 31.2 Å². The Bertz CT molecular complexity index is 649. The van der Waals surface area contributed by atoms with Crippen LogP contribution in [0.4, 0.5) is 4.79 Å². The lowest BCUT2D eigenvalue weighted by molar-refractivity contribution is 0.0503. The molecule has 1 aromatic rings. The van der Waals surface area contributed by atoms with Gasteiger partial charge < -0.3 is 14.8 Å². The second-order valence-electron chi connectivity index (χ2n) is 6.70. The second kappa shape index (κ2) is 9.05. The average molecular weight is 373 g/mol. The number of amides is 1. The van der Waals surface area contributed by atoms with Gasteiger partial charge in [-0.1, -0.05) is 12.1 Å². The number of hydrogen-bond acceptors (Lipinski definition) is 5. The minimum absolute atomic E-state index is 0.0747. The van der Waals surface area contributed by atoms with Crippen molar-refractivity contribution in [1.29, 1.82) is 0 Å². The summed E-state index contributed by atoms with van der Waals surface area (Å²) >= 11 is 0. The van der Waals surface area contributed by atoms with E-state index in [2.05, 4.69) is 5.32 Å². The smallest absolute Gasteiger partial charge is 0.407 e. The summed E-state index contributed by atoms with van der Waals surface area (Å²) < 4.78 is 41.6. The Morgan fingerprint density at radius 3 is 2.32 bits per heavy atom. The van der Waals surface area contributed by atoms with Gasteiger partial charge >= 0.3 is 6.09 Å². The molecule has 0 heterocycles. The van der Waals surface area contributed by atoms with Gasteiger partial charge in [-0.2, -0.15) is 8.42 Å². The maximum Gasteiger partial charge on any atom is 0.407 e. The van der Waals surface area contributed by atoms with E-state index in [4.69, 9.17) is 14.0 Å². The summed E-state index contributed by atoms with van der Waals surface area (Å²) in [7, 11) is -4.11. The lowest BCUT2D eigenvalue weighted by Crippen LogP contribution is -2.41. The summed E-state index contributed by atoms with van der Waals surface area (Å²) in [5.74, 6) is 0.297. The van der Waals surface area contributed by atoms with E-state index in [0.29, 0.717) is 13.0 Å². The van der Waals surface area contributed by atoms with Crippen LogP contribution in [0.25, 0.3) is 0 Å². The van der Waals surface area contributed by atoms with Crippen LogP contribution < -0.4 is 10.1 Å². The van der Waals surface area contributed by atoms with E-state index in [-0.39, 0.29) is 6.42 Å². The maximum atomic E-state index is 12.0. The van der Waals surface area contributed by atoms with Gasteiger partial charge in [-0.25, -0.2) is 4.79 Å². The minimum Gasteiger partial charge on any atom is -0.494 e. The molecule has 0 radical (unpaired) electrons. The Morgan fingerprint density at radius 1 is 1.24 bits per heavy atom. The number of carbonyl (C=O) groups is 1. The number of benzene rings is 1. The first-order valence-electron chi connectivity index (χ1n) is 8.15. The lowest BCUT2D eigenvalue weighted by Gasteiger charge is -2.23. The molecule has 2 N–H and O–H groups in total. The van der Waals surface area contributed by atoms with Crippen LogP contribution >= 0.6 is 0 Å². The van der Waals surface area contributed by atoms with Gasteiger partial charge in [0.05, 0.1) is 12.4 Å². The van der Waals surface area contributed by atoms with Crippen LogP contribution in [-0.2, 0) is 21.3 Å². The number of ether oxygens (including phenoxy) is 2. The van der Waals surface area contributed by atoms with Crippen molar-refractivity contribution >= 4 is 16.2 Å². The molecule has 0 aliphatic rings. The molecule has 1 rings (SSSR count). The van der Waals surface area contributed by atoms with Crippen LogP contribution in [0, 0.1) is 0 Å². The molecule has 25 heavy (non-hydrogen) atoms. The third-order valence-corrected chi connectivity index (χ3v) is 3.91. The highest BCUT2D eigenvalue weighted by atomic mass is 32.2. The molecule has 7 nitrogen and oxygen atoms in total. The fraction of sp³-hybridized carbons (Fsp3) is 0.588. The summed E-state index contributed by atoms with van der Waals surface area (Å²) in [5.41, 5.74) is 0.247. The highest BCUT2D eigenvalue weighted by Crippen LogP contribution is 2.15. The van der Waals surface area contributed by atoms with Gasteiger partial charge in [0, 0.05) is 6.04 Å². The quantitative estimate of drug-likeness (QED) is 0.680. The van der Waals surface area contributed by atoms with Gasteiger partial charge in [-0.15, -0.1) is 0 Å². The van der Waals surface area contributed by atoms with Crippen LogP contribution in [0.3, 0.4) is 0 Å². The van der Waals surface area contributed by atoms with Gasteiger partial charge in [-0.05, 0) is 58.2 Å². The zero-order valence-electron chi connectivity index (χ0n) is 15.1. The Balaban J connectivity index is 2.77. The van der Waals surface area contributed by atoms with Gasteiger partial charge in [0.1, 0.15) is 11.4 Å². The van der Waals surface area contributed by atoms with Crippen LogP contribution in [0.15, 0.2) is 24.3 Å². The molecule has 1 amide bonds. The highest BCUT2D eigenvalue weighted by molar-refractivity contribution is 7.85. The van der Waals surface area contributed by atoms with Crippen molar-refractivity contribution in [1.82, 2.24) is 5.32 Å². The van der Waals surface area contributed by atoms with Gasteiger partial charge in [0.25, 0.3) is 10.1 Å². The topological polar surface area (TPSA) is 102 Å². The van der Waals surface area contributed by atoms with E-state index < -0.39 is 33.6 Å². The molecule has 0 aliphatic heterocycles. The van der Waals surface area contributed by atoms with Crippen molar-refractivity contribution in [2.75, 3.05) is 12.4 Å². The van der Waals surface area contributed by atoms with Crippen molar-refractivity contribution in [3.63, 3.8) is 0 Å². The first kappa shape index (κ1) is 21.2. The molecule has 1 aromatic carbocycles. The molecule has 0 bridgehead atoms. The van der Waals surface area contributed by atoms with E-state index in [9.17, 15) is 13.2 Å². The van der Waals surface area contributed by atoms with Crippen LogP contribution in [0.1, 0.15) is 39.7 Å². The standard InChI is InChI=1S/C17H27NO6S/c1-5-23-15-8-6-13(7-9-15)12-14(10-11-25(20,21)22)18-16(19)24-17(2,3)4/h6-9,14H,5,10-12H2,1-4H3,(H,18,19)(H,20,21,22)/t14-/m1/s1. The van der Waals surface area contributed by atoms with Crippen molar-refractivity contribution in [2.24, 2.45) is 0 Å². The third-order valence-electron chi connectivity index (χ3n) is 3.16. The molecule has 142 valence electrons. The maximum absolute atomic E-state index is 12.0. The molecule has 8 heteroatoms. The van der Waals surface area contributed by atoms with E-state index in [1.165, 1.54) is 0 Å². The number of carbonyl (C=O) groups excluding carboxylic acids is 1. The van der Waals surface area contributed by atoms with Crippen molar-refractivity contribution in [3.05, 3.63) is 29.8 Å². The molecule has 0 aromatic heterocycles. The third kappa shape index (κ3) is 9.93. The lowest BCUT2D eigenvalue weighted by atomic mass is 10.0. The predicted molar refractivity (Wildman–Crippen MR) is 95.5 cm³/mol. The normalized spacial score (nSPS) is 13.2. The average Bonchev–Trinajstić information content (AvgIpc) is 2.44. The largest absolute Gasteiger partial charge is 0.494 e. The summed E-state index contributed by atoms with van der Waals surface area (Å²) in [6, 6.07) is 6.83. The number of alkyl carbamates (subject to hydrolysis) is 1. The van der Waals surface area contributed by atoms with Crippen LogP contribution in [0.5, 0.6) is 5.75 Å². The molecule has 0 saturated carbocycles. The minimum atomic E-state index is -4.11. The predicted octanol–water partition coefficient (Wildman–Crippen LogP) is 2.80. The molecule has 0 saturated heterocycles. The number of rotatable bonds is 8. The SMILES string of the molecule is CCOc1ccc(C[C@@H](CCS(=O)(=O)O)NC(=O)OC(C)(C)C)cc1. The first-order valence-corrected chi connectivity index (χ1v) is 9.76. The second-order valence-corrected chi connectivity index (χ2v) is 8.27. The molecule has 1 atom stereocenters. The van der Waals surface area contributed by atoms with Crippen LogP contribution in [-0.4, -0.2) is 43.1 Å². The monoisotopic (exact) mass is 373 g/mol. The van der Waals surface area contributed by atoms with Gasteiger partial charge in [-0.3, -0.25) is 4.55 Å². The fourth-order valence-electron chi connectivity index (χ4n) is 2.16. The van der Waals surface area contributed by atoms with Gasteiger partial charge in [0.15, 0.2) is 0 Å². The molecular weight excluding hydrogens is 346 g/mol. The van der Waals surface area contributed by atoms with Gasteiger partial charge in [0.2, 0.25) is 0 Å². The molecule has 0 spiro atoms. The van der Waals surface area contributed by atoms with E-state index >= 15 is 0 Å². The Kier molecular flexibility index (Phi) is 7.69. The molecule has 0 unspecified atom stereocenters. The molecule has 0 aliphatic carbocycles. The van der Waals surface area contributed by atoms with Crippen LogP contribution in [0.2, 0.25) is 0 Å². The summed E-state index contributed by atoms with van der Waals surface area (Å²) in [5, 5.41) is 2.67. The highest BCUT2D eigenvalue weighted by Gasteiger charge is 2.21. The zero-order valence-corrected chi connectivity index (χ0v) is 15.9. The first-order chi connectivity index (χ1) is 11.5. The fourth-order valence-corrected chi connectivity index (χ4v) is 2.75.